The third-order valence-electron chi connectivity index (χ3n) is 4.23. The van der Waals surface area contributed by atoms with E-state index in [1.54, 1.807) is 23.1 Å². The minimum atomic E-state index is -0.237. The van der Waals surface area contributed by atoms with Crippen molar-refractivity contribution in [1.29, 1.82) is 0 Å². The molecule has 1 aromatic carbocycles. The van der Waals surface area contributed by atoms with Gasteiger partial charge in [0, 0.05) is 49.4 Å². The first-order chi connectivity index (χ1) is 12.0. The highest BCUT2D eigenvalue weighted by atomic mass is 35.5. The molecule has 8 heteroatoms. The average molecular weight is 381 g/mol. The number of carbonyl (C=O) groups is 2. The lowest BCUT2D eigenvalue weighted by Crippen LogP contribution is -2.43. The number of benzene rings is 1. The largest absolute Gasteiger partial charge is 0.402 e. The molecule has 0 aliphatic carbocycles. The van der Waals surface area contributed by atoms with Crippen LogP contribution in [0.2, 0.25) is 10.0 Å². The fourth-order valence-electron chi connectivity index (χ4n) is 2.85. The standard InChI is InChI=1S/C17H18Cl2N4O2/c18-12-3-2-10(8-13(12)19)17(25)23-7-4-14(20)11(9-23)15-16(24)22-6-1-5-21-15/h2-3,8H,1,4-7,9,20H2,(H,22,24). The van der Waals surface area contributed by atoms with E-state index in [1.165, 1.54) is 0 Å². The summed E-state index contributed by atoms with van der Waals surface area (Å²) in [6, 6.07) is 4.77. The number of rotatable bonds is 2. The van der Waals surface area contributed by atoms with Crippen molar-refractivity contribution in [1.82, 2.24) is 10.2 Å². The van der Waals surface area contributed by atoms with Gasteiger partial charge in [0.25, 0.3) is 11.8 Å². The predicted molar refractivity (Wildman–Crippen MR) is 98.1 cm³/mol. The van der Waals surface area contributed by atoms with Crippen molar-refractivity contribution in [2.75, 3.05) is 26.2 Å². The Bertz CT molecular complexity index is 789. The number of nitrogens with two attached hydrogens (primary N) is 1. The van der Waals surface area contributed by atoms with Crippen LogP contribution in [0, 0.1) is 0 Å². The lowest BCUT2D eigenvalue weighted by Gasteiger charge is -2.30. The van der Waals surface area contributed by atoms with Crippen LogP contribution in [0.3, 0.4) is 0 Å². The molecule has 0 saturated carbocycles. The van der Waals surface area contributed by atoms with Crippen LogP contribution in [0.25, 0.3) is 0 Å². The van der Waals surface area contributed by atoms with E-state index in [2.05, 4.69) is 10.3 Å². The molecule has 2 aliphatic rings. The van der Waals surface area contributed by atoms with Gasteiger partial charge in [0.15, 0.2) is 0 Å². The maximum Gasteiger partial charge on any atom is 0.269 e. The van der Waals surface area contributed by atoms with Crippen LogP contribution in [0.5, 0.6) is 0 Å². The number of halogens is 2. The highest BCUT2D eigenvalue weighted by Gasteiger charge is 2.28. The SMILES string of the molecule is NC1=C(C2=NCCCNC2=O)CN(C(=O)c2ccc(Cl)c(Cl)c2)CC1. The van der Waals surface area contributed by atoms with Crippen molar-refractivity contribution in [2.24, 2.45) is 10.7 Å². The summed E-state index contributed by atoms with van der Waals surface area (Å²) in [6.45, 7) is 1.87. The molecule has 6 nitrogen and oxygen atoms in total. The minimum absolute atomic E-state index is 0.182. The molecule has 1 aromatic rings. The van der Waals surface area contributed by atoms with E-state index in [-0.39, 0.29) is 18.4 Å². The molecule has 0 bridgehead atoms. The van der Waals surface area contributed by atoms with Gasteiger partial charge < -0.3 is 16.0 Å². The second-order valence-corrected chi connectivity index (χ2v) is 6.76. The van der Waals surface area contributed by atoms with Crippen molar-refractivity contribution >= 4 is 40.7 Å². The van der Waals surface area contributed by atoms with Crippen LogP contribution in [0.15, 0.2) is 34.5 Å². The van der Waals surface area contributed by atoms with E-state index in [9.17, 15) is 9.59 Å². The highest BCUT2D eigenvalue weighted by molar-refractivity contribution is 6.45. The van der Waals surface area contributed by atoms with E-state index in [0.717, 1.165) is 6.42 Å². The number of hydrogen-bond donors (Lipinski definition) is 2. The minimum Gasteiger partial charge on any atom is -0.402 e. The molecule has 0 fully saturated rings. The maximum absolute atomic E-state index is 12.8. The molecular weight excluding hydrogens is 363 g/mol. The van der Waals surface area contributed by atoms with Crippen LogP contribution in [-0.2, 0) is 4.79 Å². The van der Waals surface area contributed by atoms with E-state index in [1.807, 2.05) is 0 Å². The number of amides is 2. The summed E-state index contributed by atoms with van der Waals surface area (Å²) in [5.41, 5.74) is 8.12. The molecular formula is C17H18Cl2N4O2. The van der Waals surface area contributed by atoms with Gasteiger partial charge in [-0.25, -0.2) is 0 Å². The van der Waals surface area contributed by atoms with Crippen LogP contribution in [0.1, 0.15) is 23.2 Å². The van der Waals surface area contributed by atoms with Gasteiger partial charge in [0.05, 0.1) is 10.0 Å². The van der Waals surface area contributed by atoms with Crippen molar-refractivity contribution in [3.05, 3.63) is 45.1 Å². The molecule has 3 N–H and O–H groups in total. The molecule has 0 atom stereocenters. The van der Waals surface area contributed by atoms with Crippen molar-refractivity contribution in [3.63, 3.8) is 0 Å². The lowest BCUT2D eigenvalue weighted by molar-refractivity contribution is -0.114. The Morgan fingerprint density at radius 1 is 1.28 bits per heavy atom. The van der Waals surface area contributed by atoms with E-state index in [4.69, 9.17) is 28.9 Å². The van der Waals surface area contributed by atoms with Gasteiger partial charge >= 0.3 is 0 Å². The van der Waals surface area contributed by atoms with Crippen molar-refractivity contribution in [3.8, 4) is 0 Å². The molecule has 0 unspecified atom stereocenters. The molecule has 0 spiro atoms. The zero-order valence-electron chi connectivity index (χ0n) is 13.5. The summed E-state index contributed by atoms with van der Waals surface area (Å²) in [6.07, 6.45) is 1.28. The summed E-state index contributed by atoms with van der Waals surface area (Å²) in [7, 11) is 0. The summed E-state index contributed by atoms with van der Waals surface area (Å²) in [4.78, 5) is 31.0. The van der Waals surface area contributed by atoms with Crippen LogP contribution >= 0.6 is 23.2 Å². The van der Waals surface area contributed by atoms with Crippen molar-refractivity contribution in [2.45, 2.75) is 12.8 Å². The van der Waals surface area contributed by atoms with Gasteiger partial charge in [-0.3, -0.25) is 14.6 Å². The summed E-state index contributed by atoms with van der Waals surface area (Å²) < 4.78 is 0. The van der Waals surface area contributed by atoms with E-state index in [0.29, 0.717) is 58.6 Å². The quantitative estimate of drug-likeness (QED) is 0.822. The molecule has 2 heterocycles. The third-order valence-corrected chi connectivity index (χ3v) is 4.97. The smallest absolute Gasteiger partial charge is 0.269 e. The van der Waals surface area contributed by atoms with Crippen LogP contribution in [0.4, 0.5) is 0 Å². The summed E-state index contributed by atoms with van der Waals surface area (Å²) in [5.74, 6) is -0.419. The molecule has 3 rings (SSSR count). The van der Waals surface area contributed by atoms with Crippen LogP contribution in [-0.4, -0.2) is 48.6 Å². The first kappa shape index (κ1) is 17.8. The molecule has 2 aliphatic heterocycles. The zero-order chi connectivity index (χ0) is 18.0. The number of carbonyl (C=O) groups excluding carboxylic acids is 2. The first-order valence-corrected chi connectivity index (χ1v) is 8.78. The Balaban J connectivity index is 1.84. The summed E-state index contributed by atoms with van der Waals surface area (Å²) >= 11 is 11.9. The Kier molecular flexibility index (Phi) is 5.30. The Morgan fingerprint density at radius 2 is 2.08 bits per heavy atom. The normalized spacial score (nSPS) is 18.6. The molecule has 0 radical (unpaired) electrons. The Labute approximate surface area is 155 Å². The topological polar surface area (TPSA) is 87.8 Å². The number of nitrogens with zero attached hydrogens (tertiary/aromatic N) is 2. The molecule has 132 valence electrons. The molecule has 0 saturated heterocycles. The van der Waals surface area contributed by atoms with Gasteiger partial charge in [-0.15, -0.1) is 0 Å². The fourth-order valence-corrected chi connectivity index (χ4v) is 3.15. The number of hydrogen-bond acceptors (Lipinski definition) is 4. The Hall–Kier alpha value is -2.05. The second-order valence-electron chi connectivity index (χ2n) is 5.95. The number of nitrogens with one attached hydrogen (secondary N) is 1. The average Bonchev–Trinajstić information content (AvgIpc) is 2.82. The molecule has 0 aromatic heterocycles. The molecule has 25 heavy (non-hydrogen) atoms. The fraction of sp³-hybridized carbons (Fsp3) is 0.353. The molecule has 2 amide bonds. The highest BCUT2D eigenvalue weighted by Crippen LogP contribution is 2.25. The van der Waals surface area contributed by atoms with E-state index >= 15 is 0 Å². The summed E-state index contributed by atoms with van der Waals surface area (Å²) in [5, 5.41) is 3.53. The third kappa shape index (κ3) is 3.80. The second kappa shape index (κ2) is 7.45. The van der Waals surface area contributed by atoms with Gasteiger partial charge in [0.2, 0.25) is 0 Å². The lowest BCUT2D eigenvalue weighted by atomic mass is 10.00. The number of aliphatic imine (C=N–C) groups is 1. The first-order valence-electron chi connectivity index (χ1n) is 8.02. The zero-order valence-corrected chi connectivity index (χ0v) is 15.0. The predicted octanol–water partition coefficient (Wildman–Crippen LogP) is 2.01. The van der Waals surface area contributed by atoms with Gasteiger partial charge in [-0.2, -0.15) is 0 Å². The maximum atomic E-state index is 12.8. The van der Waals surface area contributed by atoms with Crippen LogP contribution < -0.4 is 11.1 Å². The van der Waals surface area contributed by atoms with Gasteiger partial charge in [-0.05, 0) is 24.6 Å². The Morgan fingerprint density at radius 3 is 2.84 bits per heavy atom. The van der Waals surface area contributed by atoms with Crippen molar-refractivity contribution < 1.29 is 9.59 Å². The van der Waals surface area contributed by atoms with E-state index < -0.39 is 0 Å². The van der Waals surface area contributed by atoms with Gasteiger partial charge in [-0.1, -0.05) is 23.2 Å². The monoisotopic (exact) mass is 380 g/mol. The van der Waals surface area contributed by atoms with Gasteiger partial charge in [0.1, 0.15) is 5.71 Å².